The molecule has 162 valence electrons. The van der Waals surface area contributed by atoms with Crippen LogP contribution in [0.25, 0.3) is 0 Å². The molecule has 0 saturated carbocycles. The molecule has 0 spiro atoms. The van der Waals surface area contributed by atoms with Crippen LogP contribution >= 0.6 is 11.3 Å². The van der Waals surface area contributed by atoms with Gasteiger partial charge in [-0.05, 0) is 21.8 Å². The molecule has 2 heterocycles. The van der Waals surface area contributed by atoms with E-state index in [0.717, 1.165) is 24.6 Å². The van der Waals surface area contributed by atoms with Crippen LogP contribution in [0.2, 0.25) is 5.04 Å². The molecule has 1 aromatic heterocycles. The summed E-state index contributed by atoms with van der Waals surface area (Å²) in [6, 6.07) is 21.3. The smallest absolute Gasteiger partial charge is 0.355 e. The average molecular weight is 453 g/mol. The van der Waals surface area contributed by atoms with Crippen LogP contribution in [0.3, 0.4) is 0 Å². The largest absolute Gasteiger partial charge is 0.476 e. The van der Waals surface area contributed by atoms with Crippen molar-refractivity contribution in [3.05, 3.63) is 71.7 Å². The Hall–Kier alpha value is -2.48. The lowest BCUT2D eigenvalue weighted by atomic mass is 10.2. The average Bonchev–Trinajstić information content (AvgIpc) is 3.42. The van der Waals surface area contributed by atoms with Crippen molar-refractivity contribution in [2.45, 2.75) is 38.3 Å². The van der Waals surface area contributed by atoms with E-state index < -0.39 is 14.3 Å². The van der Waals surface area contributed by atoms with Crippen molar-refractivity contribution in [2.75, 3.05) is 18.0 Å². The molecule has 31 heavy (non-hydrogen) atoms. The summed E-state index contributed by atoms with van der Waals surface area (Å²) in [5.41, 5.74) is 0.108. The van der Waals surface area contributed by atoms with E-state index >= 15 is 0 Å². The zero-order valence-electron chi connectivity index (χ0n) is 18.1. The summed E-state index contributed by atoms with van der Waals surface area (Å²) >= 11 is 1.38. The standard InChI is InChI=1S/C24H28N2O3SSi/c1-24(2,3)31(19-10-6-4-7-11-19,20-12-8-5-9-13-20)29-18-14-15-26(16-18)23-25-21(17-30-23)22(27)28/h4-13,17-18H,14-16H2,1-3H3,(H,27,28)/t18-/m0/s1. The van der Waals surface area contributed by atoms with E-state index in [1.165, 1.54) is 21.7 Å². The number of carbonyl (C=O) groups is 1. The predicted molar refractivity (Wildman–Crippen MR) is 128 cm³/mol. The number of hydrogen-bond acceptors (Lipinski definition) is 5. The molecule has 0 bridgehead atoms. The van der Waals surface area contributed by atoms with Gasteiger partial charge in [0.1, 0.15) is 0 Å². The Bertz CT molecular complexity index is 994. The lowest BCUT2D eigenvalue weighted by Crippen LogP contribution is -2.67. The first kappa shape index (κ1) is 21.7. The van der Waals surface area contributed by atoms with Crippen LogP contribution in [0, 0.1) is 0 Å². The SMILES string of the molecule is CC(C)(C)[Si](O[C@H]1CCN(c2nc(C(=O)O)cs2)C1)(c1ccccc1)c1ccccc1. The number of aromatic nitrogens is 1. The molecule has 3 aromatic rings. The highest BCUT2D eigenvalue weighted by atomic mass is 32.1. The molecule has 4 rings (SSSR count). The van der Waals surface area contributed by atoms with Crippen molar-refractivity contribution < 1.29 is 14.3 Å². The molecule has 7 heteroatoms. The Balaban J connectivity index is 1.68. The molecule has 1 N–H and O–H groups in total. The summed E-state index contributed by atoms with van der Waals surface area (Å²) in [6.07, 6.45) is 0.954. The van der Waals surface area contributed by atoms with Crippen molar-refractivity contribution in [3.63, 3.8) is 0 Å². The molecule has 0 amide bonds. The van der Waals surface area contributed by atoms with E-state index in [-0.39, 0.29) is 16.8 Å². The first-order valence-corrected chi connectivity index (χ1v) is 13.3. The number of thiazole rings is 1. The normalized spacial score (nSPS) is 17.1. The fourth-order valence-corrected chi connectivity index (χ4v) is 9.99. The second-order valence-electron chi connectivity index (χ2n) is 8.96. The van der Waals surface area contributed by atoms with Crippen molar-refractivity contribution in [1.82, 2.24) is 4.98 Å². The highest BCUT2D eigenvalue weighted by Gasteiger charge is 2.52. The van der Waals surface area contributed by atoms with Gasteiger partial charge in [0.15, 0.2) is 10.8 Å². The summed E-state index contributed by atoms with van der Waals surface area (Å²) in [5, 5.41) is 14.0. The van der Waals surface area contributed by atoms with E-state index in [0.29, 0.717) is 0 Å². The molecule has 0 unspecified atom stereocenters. The summed E-state index contributed by atoms with van der Waals surface area (Å²) in [7, 11) is -2.60. The molecule has 5 nitrogen and oxygen atoms in total. The molecule has 1 fully saturated rings. The molecular formula is C24H28N2O3SSi. The monoisotopic (exact) mass is 452 g/mol. The second kappa shape index (κ2) is 8.57. The fourth-order valence-electron chi connectivity index (χ4n) is 4.45. The zero-order chi connectivity index (χ0) is 22.1. The molecule has 1 atom stereocenters. The van der Waals surface area contributed by atoms with E-state index in [1.807, 2.05) is 0 Å². The summed E-state index contributed by atoms with van der Waals surface area (Å²) in [5.74, 6) is -0.984. The van der Waals surface area contributed by atoms with E-state index in [9.17, 15) is 9.90 Å². The maximum atomic E-state index is 11.2. The number of benzene rings is 2. The lowest BCUT2D eigenvalue weighted by Gasteiger charge is -2.44. The van der Waals surface area contributed by atoms with Crippen LogP contribution in [0.5, 0.6) is 0 Å². The molecule has 1 aliphatic rings. The van der Waals surface area contributed by atoms with Crippen molar-refractivity contribution in [1.29, 1.82) is 0 Å². The minimum Gasteiger partial charge on any atom is -0.476 e. The van der Waals surface area contributed by atoms with Gasteiger partial charge in [0.25, 0.3) is 8.32 Å². The van der Waals surface area contributed by atoms with Gasteiger partial charge in [0.2, 0.25) is 0 Å². The van der Waals surface area contributed by atoms with Gasteiger partial charge in [-0.1, -0.05) is 81.4 Å². The highest BCUT2D eigenvalue weighted by Crippen LogP contribution is 2.39. The molecule has 1 aliphatic heterocycles. The molecular weight excluding hydrogens is 424 g/mol. The Morgan fingerprint density at radius 1 is 1.10 bits per heavy atom. The van der Waals surface area contributed by atoms with Crippen molar-refractivity contribution in [3.8, 4) is 0 Å². The van der Waals surface area contributed by atoms with Crippen molar-refractivity contribution >= 4 is 41.1 Å². The van der Waals surface area contributed by atoms with Gasteiger partial charge in [-0.15, -0.1) is 11.3 Å². The maximum Gasteiger partial charge on any atom is 0.355 e. The van der Waals surface area contributed by atoms with Gasteiger partial charge in [0.05, 0.1) is 6.10 Å². The van der Waals surface area contributed by atoms with Crippen LogP contribution in [-0.2, 0) is 4.43 Å². The summed E-state index contributed by atoms with van der Waals surface area (Å²) in [6.45, 7) is 8.39. The number of carboxylic acid groups (broad SMARTS) is 1. The van der Waals surface area contributed by atoms with Crippen molar-refractivity contribution in [2.24, 2.45) is 0 Å². The first-order valence-electron chi connectivity index (χ1n) is 10.5. The lowest BCUT2D eigenvalue weighted by molar-refractivity contribution is 0.0691. The zero-order valence-corrected chi connectivity index (χ0v) is 19.9. The van der Waals surface area contributed by atoms with Crippen LogP contribution < -0.4 is 15.3 Å². The minimum atomic E-state index is -2.60. The molecule has 0 aliphatic carbocycles. The number of hydrogen-bond donors (Lipinski definition) is 1. The number of nitrogens with zero attached hydrogens (tertiary/aromatic N) is 2. The summed E-state index contributed by atoms with van der Waals surface area (Å²) in [4.78, 5) is 17.7. The van der Waals surface area contributed by atoms with Crippen LogP contribution in [0.4, 0.5) is 5.13 Å². The minimum absolute atomic E-state index is 0.0588. The number of carboxylic acids is 1. The third-order valence-corrected chi connectivity index (χ3v) is 11.9. The molecule has 0 radical (unpaired) electrons. The second-order valence-corrected chi connectivity index (χ2v) is 14.0. The van der Waals surface area contributed by atoms with Gasteiger partial charge in [0, 0.05) is 18.5 Å². The number of aromatic carboxylic acids is 1. The third-order valence-electron chi connectivity index (χ3n) is 5.89. The number of anilines is 1. The summed E-state index contributed by atoms with van der Waals surface area (Å²) < 4.78 is 7.20. The van der Waals surface area contributed by atoms with Crippen LogP contribution in [0.15, 0.2) is 66.0 Å². The Kier molecular flexibility index (Phi) is 6.01. The van der Waals surface area contributed by atoms with Crippen LogP contribution in [0.1, 0.15) is 37.7 Å². The Morgan fingerprint density at radius 3 is 2.16 bits per heavy atom. The first-order chi connectivity index (χ1) is 14.8. The van der Waals surface area contributed by atoms with E-state index in [2.05, 4.69) is 91.3 Å². The Morgan fingerprint density at radius 2 is 1.68 bits per heavy atom. The molecule has 1 saturated heterocycles. The highest BCUT2D eigenvalue weighted by molar-refractivity contribution is 7.14. The quantitative estimate of drug-likeness (QED) is 0.573. The van der Waals surface area contributed by atoms with Gasteiger partial charge < -0.3 is 14.4 Å². The molecule has 2 aromatic carbocycles. The number of rotatable bonds is 6. The van der Waals surface area contributed by atoms with Gasteiger partial charge in [-0.2, -0.15) is 0 Å². The van der Waals surface area contributed by atoms with Gasteiger partial charge in [-0.25, -0.2) is 9.78 Å². The van der Waals surface area contributed by atoms with Gasteiger partial charge >= 0.3 is 5.97 Å². The third kappa shape index (κ3) is 4.17. The maximum absolute atomic E-state index is 11.2. The topological polar surface area (TPSA) is 62.7 Å². The predicted octanol–water partition coefficient (Wildman–Crippen LogP) is 4.00. The van der Waals surface area contributed by atoms with Crippen LogP contribution in [-0.4, -0.2) is 43.6 Å². The van der Waals surface area contributed by atoms with E-state index in [1.54, 1.807) is 5.38 Å². The fraction of sp³-hybridized carbons (Fsp3) is 0.333. The van der Waals surface area contributed by atoms with E-state index in [4.69, 9.17) is 4.43 Å². The van der Waals surface area contributed by atoms with Gasteiger partial charge in [-0.3, -0.25) is 0 Å². The Labute approximate surface area is 188 Å².